The summed E-state index contributed by atoms with van der Waals surface area (Å²) in [7, 11) is 0. The van der Waals surface area contributed by atoms with Gasteiger partial charge in [0.05, 0.1) is 6.04 Å². The Morgan fingerprint density at radius 2 is 1.86 bits per heavy atom. The summed E-state index contributed by atoms with van der Waals surface area (Å²) >= 11 is 14.5. The molecule has 3 unspecified atom stereocenters. The van der Waals surface area contributed by atoms with Crippen molar-refractivity contribution in [3.63, 3.8) is 0 Å². The van der Waals surface area contributed by atoms with Crippen molar-refractivity contribution in [3.05, 3.63) is 91.6 Å². The van der Waals surface area contributed by atoms with Crippen LogP contribution < -0.4 is 0 Å². The van der Waals surface area contributed by atoms with Crippen LogP contribution in [-0.4, -0.2) is 40.7 Å². The molecule has 182 valence electrons. The van der Waals surface area contributed by atoms with E-state index >= 15 is 0 Å². The number of benzene rings is 2. The fourth-order valence-corrected chi connectivity index (χ4v) is 6.56. The van der Waals surface area contributed by atoms with Gasteiger partial charge >= 0.3 is 0 Å². The molecule has 2 aromatic carbocycles. The quantitative estimate of drug-likeness (QED) is 0.364. The van der Waals surface area contributed by atoms with E-state index in [1.807, 2.05) is 49.1 Å². The highest BCUT2D eigenvalue weighted by Crippen LogP contribution is 2.48. The van der Waals surface area contributed by atoms with Gasteiger partial charge in [0.15, 0.2) is 0 Å². The summed E-state index contributed by atoms with van der Waals surface area (Å²) in [5.41, 5.74) is 3.16. The first-order chi connectivity index (χ1) is 16.8. The van der Waals surface area contributed by atoms with E-state index in [1.165, 1.54) is 10.4 Å². The van der Waals surface area contributed by atoms with Gasteiger partial charge in [0.1, 0.15) is 6.54 Å². The third-order valence-electron chi connectivity index (χ3n) is 7.09. The monoisotopic (exact) mass is 526 g/mol. The van der Waals surface area contributed by atoms with Crippen LogP contribution in [0.2, 0.25) is 10.0 Å². The van der Waals surface area contributed by atoms with E-state index in [4.69, 9.17) is 23.2 Å². The molecule has 35 heavy (non-hydrogen) atoms. The molecule has 1 aliphatic heterocycles. The second kappa shape index (κ2) is 9.96. The highest BCUT2D eigenvalue weighted by molar-refractivity contribution is 7.10. The predicted octanol–water partition coefficient (Wildman–Crippen LogP) is 6.57. The van der Waals surface area contributed by atoms with Crippen LogP contribution in [0.5, 0.6) is 0 Å². The topological polar surface area (TPSA) is 40.6 Å². The molecule has 0 bridgehead atoms. The smallest absolute Gasteiger partial charge is 0.243 e. The number of amides is 2. The lowest BCUT2D eigenvalue weighted by Gasteiger charge is -2.38. The van der Waals surface area contributed by atoms with Gasteiger partial charge in [-0.2, -0.15) is 0 Å². The van der Waals surface area contributed by atoms with E-state index in [2.05, 4.69) is 23.6 Å². The van der Waals surface area contributed by atoms with Gasteiger partial charge in [0, 0.05) is 33.4 Å². The van der Waals surface area contributed by atoms with Crippen LogP contribution in [0.3, 0.4) is 0 Å². The molecule has 1 aliphatic carbocycles. The van der Waals surface area contributed by atoms with E-state index in [1.54, 1.807) is 22.3 Å². The minimum atomic E-state index is -0.288. The number of nitrogens with zero attached hydrogens (tertiary/aromatic N) is 2. The Kier molecular flexibility index (Phi) is 6.93. The van der Waals surface area contributed by atoms with Gasteiger partial charge in [-0.05, 0) is 72.9 Å². The average molecular weight is 528 g/mol. The van der Waals surface area contributed by atoms with E-state index in [-0.39, 0.29) is 42.3 Å². The summed E-state index contributed by atoms with van der Waals surface area (Å²) in [4.78, 5) is 32.1. The molecule has 5 rings (SSSR count). The standard InChI is InChI=1S/C28H28Cl2N2O2S/c1-17(2)32(28(34)23-15-22(23)18-6-4-3-5-7-18)16-26(33)31-12-10-25-21(11-13-35-25)27(31)20-9-8-19(29)14-24(20)30/h3-9,11,13-14,17,22-23,27H,10,12,15-16H2,1-2H3. The molecular weight excluding hydrogens is 499 g/mol. The molecule has 2 amide bonds. The first-order valence-corrected chi connectivity index (χ1v) is 13.6. The molecule has 2 aliphatic rings. The van der Waals surface area contributed by atoms with E-state index in [0.717, 1.165) is 24.0 Å². The number of thiophene rings is 1. The van der Waals surface area contributed by atoms with Gasteiger partial charge in [-0.25, -0.2) is 0 Å². The van der Waals surface area contributed by atoms with Gasteiger partial charge in [-0.3, -0.25) is 9.59 Å². The fraction of sp³-hybridized carbons (Fsp3) is 0.357. The third-order valence-corrected chi connectivity index (χ3v) is 8.65. The third kappa shape index (κ3) is 4.87. The maximum Gasteiger partial charge on any atom is 0.243 e. The largest absolute Gasteiger partial charge is 0.331 e. The van der Waals surface area contributed by atoms with Crippen LogP contribution in [0, 0.1) is 5.92 Å². The zero-order valence-corrected chi connectivity index (χ0v) is 22.1. The highest BCUT2D eigenvalue weighted by atomic mass is 35.5. The number of carbonyl (C=O) groups excluding carboxylic acids is 2. The molecular formula is C28H28Cl2N2O2S. The Labute approximate surface area is 220 Å². The molecule has 0 radical (unpaired) electrons. The van der Waals surface area contributed by atoms with Crippen molar-refractivity contribution >= 4 is 46.4 Å². The second-order valence-corrected chi connectivity index (χ2v) is 11.5. The summed E-state index contributed by atoms with van der Waals surface area (Å²) in [6, 6.07) is 17.3. The molecule has 2 heterocycles. The fourth-order valence-electron chi connectivity index (χ4n) is 5.14. The lowest BCUT2D eigenvalue weighted by atomic mass is 9.93. The molecule has 0 saturated heterocycles. The number of carbonyl (C=O) groups is 2. The predicted molar refractivity (Wildman–Crippen MR) is 142 cm³/mol. The van der Waals surface area contributed by atoms with Crippen molar-refractivity contribution < 1.29 is 9.59 Å². The van der Waals surface area contributed by atoms with Crippen molar-refractivity contribution in [1.29, 1.82) is 0 Å². The Morgan fingerprint density at radius 3 is 2.57 bits per heavy atom. The minimum absolute atomic E-state index is 0.0565. The van der Waals surface area contributed by atoms with Crippen molar-refractivity contribution in [2.75, 3.05) is 13.1 Å². The summed E-state index contributed by atoms with van der Waals surface area (Å²) < 4.78 is 0. The Bertz CT molecular complexity index is 1240. The number of rotatable bonds is 6. The second-order valence-electron chi connectivity index (χ2n) is 9.62. The van der Waals surface area contributed by atoms with Crippen LogP contribution >= 0.6 is 34.5 Å². The number of hydrogen-bond donors (Lipinski definition) is 0. The molecule has 1 fully saturated rings. The van der Waals surface area contributed by atoms with Crippen LogP contribution in [0.1, 0.15) is 53.8 Å². The van der Waals surface area contributed by atoms with Crippen molar-refractivity contribution in [1.82, 2.24) is 9.80 Å². The average Bonchev–Trinajstić information content (AvgIpc) is 3.50. The van der Waals surface area contributed by atoms with Crippen LogP contribution in [-0.2, 0) is 16.0 Å². The Balaban J connectivity index is 1.38. The van der Waals surface area contributed by atoms with E-state index in [9.17, 15) is 9.59 Å². The number of fused-ring (bicyclic) bond motifs is 1. The van der Waals surface area contributed by atoms with Crippen molar-refractivity contribution in [2.24, 2.45) is 5.92 Å². The SMILES string of the molecule is CC(C)N(CC(=O)N1CCc2sccc2C1c1ccc(Cl)cc1Cl)C(=O)C1CC1c1ccccc1. The minimum Gasteiger partial charge on any atom is -0.331 e. The molecule has 1 aromatic heterocycles. The first kappa shape index (κ1) is 24.4. The number of hydrogen-bond acceptors (Lipinski definition) is 3. The summed E-state index contributed by atoms with van der Waals surface area (Å²) in [5.74, 6) is 0.191. The van der Waals surface area contributed by atoms with Gasteiger partial charge in [0.25, 0.3) is 0 Å². The molecule has 3 aromatic rings. The maximum absolute atomic E-state index is 13.8. The molecule has 4 nitrogen and oxygen atoms in total. The summed E-state index contributed by atoms with van der Waals surface area (Å²) in [5, 5.41) is 3.17. The van der Waals surface area contributed by atoms with Crippen LogP contribution in [0.4, 0.5) is 0 Å². The van der Waals surface area contributed by atoms with E-state index in [0.29, 0.717) is 16.6 Å². The maximum atomic E-state index is 13.8. The Morgan fingerprint density at radius 1 is 1.09 bits per heavy atom. The molecule has 7 heteroatoms. The Hall–Kier alpha value is -2.34. The summed E-state index contributed by atoms with van der Waals surface area (Å²) in [6.45, 7) is 4.61. The lowest BCUT2D eigenvalue weighted by molar-refractivity contribution is -0.144. The highest BCUT2D eigenvalue weighted by Gasteiger charge is 2.47. The number of halogens is 2. The summed E-state index contributed by atoms with van der Waals surface area (Å²) in [6.07, 6.45) is 1.64. The van der Waals surface area contributed by atoms with Gasteiger partial charge in [-0.15, -0.1) is 11.3 Å². The molecule has 1 saturated carbocycles. The molecule has 3 atom stereocenters. The van der Waals surface area contributed by atoms with Gasteiger partial charge in [-0.1, -0.05) is 59.6 Å². The lowest BCUT2D eigenvalue weighted by Crippen LogP contribution is -2.49. The van der Waals surface area contributed by atoms with E-state index < -0.39 is 0 Å². The van der Waals surface area contributed by atoms with Gasteiger partial charge in [0.2, 0.25) is 11.8 Å². The van der Waals surface area contributed by atoms with Crippen molar-refractivity contribution in [2.45, 2.75) is 44.7 Å². The zero-order chi connectivity index (χ0) is 24.7. The van der Waals surface area contributed by atoms with Gasteiger partial charge < -0.3 is 9.80 Å². The van der Waals surface area contributed by atoms with Crippen LogP contribution in [0.15, 0.2) is 60.0 Å². The normalized spacial score (nSPS) is 21.1. The van der Waals surface area contributed by atoms with Crippen molar-refractivity contribution in [3.8, 4) is 0 Å². The zero-order valence-electron chi connectivity index (χ0n) is 19.8. The van der Waals surface area contributed by atoms with Crippen LogP contribution in [0.25, 0.3) is 0 Å². The molecule has 0 N–H and O–H groups in total. The first-order valence-electron chi connectivity index (χ1n) is 12.0. The molecule has 0 spiro atoms.